The van der Waals surface area contributed by atoms with Gasteiger partial charge in [-0.2, -0.15) is 18.4 Å². The summed E-state index contributed by atoms with van der Waals surface area (Å²) in [6.07, 6.45) is -2.20. The van der Waals surface area contributed by atoms with Crippen molar-refractivity contribution >= 4 is 23.4 Å². The average molecular weight is 650 g/mol. The molecular formula is C35H38F3N5O4. The van der Waals surface area contributed by atoms with Crippen LogP contribution in [0.15, 0.2) is 54.7 Å². The number of nitrogens with one attached hydrogen (secondary N) is 1. The molecule has 0 unspecified atom stereocenters. The molecule has 0 aliphatic carbocycles. The van der Waals surface area contributed by atoms with Crippen molar-refractivity contribution < 1.29 is 32.2 Å². The highest BCUT2D eigenvalue weighted by Crippen LogP contribution is 2.49. The molecule has 0 radical (unpaired) electrons. The normalized spacial score (nSPS) is 15.6. The van der Waals surface area contributed by atoms with Gasteiger partial charge in [0.1, 0.15) is 11.7 Å². The number of carbonyl (C=O) groups is 2. The molecule has 2 aliphatic heterocycles. The highest BCUT2D eigenvalue weighted by atomic mass is 19.4. The van der Waals surface area contributed by atoms with E-state index in [1.807, 2.05) is 48.2 Å². The number of rotatable bonds is 7. The fraction of sp³-hybridized carbons (Fsp3) is 0.429. The number of hydrogen-bond donors (Lipinski definition) is 1. The number of anilines is 2. The van der Waals surface area contributed by atoms with Crippen molar-refractivity contribution in [2.75, 3.05) is 42.6 Å². The third-order valence-electron chi connectivity index (χ3n) is 8.50. The molecule has 47 heavy (non-hydrogen) atoms. The van der Waals surface area contributed by atoms with Gasteiger partial charge in [-0.15, -0.1) is 0 Å². The van der Waals surface area contributed by atoms with Crippen molar-refractivity contribution in [3.8, 4) is 23.1 Å². The van der Waals surface area contributed by atoms with Gasteiger partial charge in [-0.25, -0.2) is 9.78 Å². The Bertz CT molecular complexity index is 1690. The topological polar surface area (TPSA) is 108 Å². The first-order chi connectivity index (χ1) is 22.2. The van der Waals surface area contributed by atoms with Crippen LogP contribution in [-0.2, 0) is 21.1 Å². The lowest BCUT2D eigenvalue weighted by Crippen LogP contribution is -2.46. The Morgan fingerprint density at radius 1 is 1.06 bits per heavy atom. The SMILES string of the molecule is CCOc1ncccc1-c1ccc2c(c1)N(C(=O)CCNC(=O)OC(C)(C)C)CC21CCN(c2ccc(C(F)(F)F)cc2C#N)CC1. The number of benzene rings is 2. The molecule has 2 aliphatic rings. The molecule has 2 aromatic carbocycles. The second-order valence-corrected chi connectivity index (χ2v) is 12.8. The second-order valence-electron chi connectivity index (χ2n) is 12.8. The van der Waals surface area contributed by atoms with Crippen molar-refractivity contribution in [1.29, 1.82) is 5.26 Å². The van der Waals surface area contributed by atoms with Gasteiger partial charge in [-0.3, -0.25) is 4.79 Å². The van der Waals surface area contributed by atoms with Gasteiger partial charge in [0, 0.05) is 55.5 Å². The minimum Gasteiger partial charge on any atom is -0.478 e. The van der Waals surface area contributed by atoms with Gasteiger partial charge < -0.3 is 24.6 Å². The summed E-state index contributed by atoms with van der Waals surface area (Å²) in [4.78, 5) is 34.0. The summed E-state index contributed by atoms with van der Waals surface area (Å²) in [7, 11) is 0. The summed E-state index contributed by atoms with van der Waals surface area (Å²) in [6, 6.07) is 14.9. The van der Waals surface area contributed by atoms with Crippen LogP contribution in [0.4, 0.5) is 29.3 Å². The maximum absolute atomic E-state index is 13.8. The molecule has 0 saturated carbocycles. The summed E-state index contributed by atoms with van der Waals surface area (Å²) >= 11 is 0. The van der Waals surface area contributed by atoms with Crippen molar-refractivity contribution in [3.63, 3.8) is 0 Å². The van der Waals surface area contributed by atoms with Gasteiger partial charge >= 0.3 is 12.3 Å². The van der Waals surface area contributed by atoms with Crippen LogP contribution in [0.3, 0.4) is 0 Å². The second kappa shape index (κ2) is 13.1. The molecule has 248 valence electrons. The third-order valence-corrected chi connectivity index (χ3v) is 8.50. The van der Waals surface area contributed by atoms with E-state index in [1.54, 1.807) is 31.9 Å². The zero-order valence-corrected chi connectivity index (χ0v) is 26.9. The van der Waals surface area contributed by atoms with Crippen molar-refractivity contribution in [3.05, 3.63) is 71.4 Å². The van der Waals surface area contributed by atoms with E-state index in [0.717, 1.165) is 34.5 Å². The van der Waals surface area contributed by atoms with Gasteiger partial charge in [0.2, 0.25) is 11.8 Å². The Hall–Kier alpha value is -4.79. The minimum atomic E-state index is -4.54. The highest BCUT2D eigenvalue weighted by molar-refractivity contribution is 5.97. The average Bonchev–Trinajstić information content (AvgIpc) is 3.33. The van der Waals surface area contributed by atoms with Crippen LogP contribution >= 0.6 is 0 Å². The number of amides is 2. The van der Waals surface area contributed by atoms with E-state index >= 15 is 0 Å². The van der Waals surface area contributed by atoms with Crippen LogP contribution in [0.1, 0.15) is 63.6 Å². The molecule has 3 heterocycles. The van der Waals surface area contributed by atoms with E-state index in [9.17, 15) is 28.0 Å². The van der Waals surface area contributed by atoms with Crippen molar-refractivity contribution in [1.82, 2.24) is 10.3 Å². The summed E-state index contributed by atoms with van der Waals surface area (Å²) in [5.41, 5.74) is 1.90. The molecule has 0 bridgehead atoms. The summed E-state index contributed by atoms with van der Waals surface area (Å²) in [5.74, 6) is 0.324. The first kappa shape index (κ1) is 33.6. The maximum atomic E-state index is 13.8. The van der Waals surface area contributed by atoms with E-state index in [2.05, 4.69) is 10.3 Å². The molecule has 9 nitrogen and oxygen atoms in total. The zero-order valence-electron chi connectivity index (χ0n) is 26.9. The van der Waals surface area contributed by atoms with E-state index in [-0.39, 0.29) is 24.4 Å². The highest BCUT2D eigenvalue weighted by Gasteiger charge is 2.46. The third kappa shape index (κ3) is 7.29. The number of fused-ring (bicyclic) bond motifs is 2. The molecule has 2 amide bonds. The number of ether oxygens (including phenoxy) is 2. The van der Waals surface area contributed by atoms with Gasteiger partial charge in [0.15, 0.2) is 0 Å². The number of pyridine rings is 1. The van der Waals surface area contributed by atoms with E-state index in [0.29, 0.717) is 50.7 Å². The largest absolute Gasteiger partial charge is 0.478 e. The molecule has 5 rings (SSSR count). The van der Waals surface area contributed by atoms with Gasteiger partial charge in [-0.1, -0.05) is 12.1 Å². The molecule has 0 atom stereocenters. The maximum Gasteiger partial charge on any atom is 0.416 e. The Morgan fingerprint density at radius 3 is 2.47 bits per heavy atom. The van der Waals surface area contributed by atoms with Crippen molar-refractivity contribution in [2.24, 2.45) is 0 Å². The van der Waals surface area contributed by atoms with Gasteiger partial charge in [-0.05, 0) is 88.1 Å². The van der Waals surface area contributed by atoms with Crippen LogP contribution in [0.5, 0.6) is 5.88 Å². The summed E-state index contributed by atoms with van der Waals surface area (Å²) in [5, 5.41) is 12.3. The molecule has 12 heteroatoms. The number of carbonyl (C=O) groups excluding carboxylic acids is 2. The fourth-order valence-electron chi connectivity index (χ4n) is 6.33. The molecule has 1 fully saturated rings. The molecule has 3 aromatic rings. The van der Waals surface area contributed by atoms with Gasteiger partial charge in [0.05, 0.1) is 23.4 Å². The van der Waals surface area contributed by atoms with Crippen LogP contribution in [-0.4, -0.2) is 55.4 Å². The number of nitriles is 1. The predicted octanol–water partition coefficient (Wildman–Crippen LogP) is 6.84. The lowest BCUT2D eigenvalue weighted by Gasteiger charge is -2.41. The van der Waals surface area contributed by atoms with E-state index in [4.69, 9.17) is 9.47 Å². The quantitative estimate of drug-likeness (QED) is 0.299. The zero-order chi connectivity index (χ0) is 34.0. The number of halogens is 3. The standard InChI is InChI=1S/C35H38F3N5O4/c1-5-46-31-26(7-6-15-40-31)23-8-10-27-29(20-23)43(30(44)12-16-41-32(45)47-33(2,3)4)22-34(27)13-17-42(18-14-34)28-11-9-25(35(36,37)38)19-24(28)21-39/h6-11,15,19-20H,5,12-14,16-18,22H2,1-4H3,(H,41,45). The van der Waals surface area contributed by atoms with Crippen molar-refractivity contribution in [2.45, 2.75) is 64.1 Å². The Morgan fingerprint density at radius 2 is 1.81 bits per heavy atom. The van der Waals surface area contributed by atoms with Crippen LogP contribution < -0.4 is 19.9 Å². The molecule has 1 saturated heterocycles. The number of alkyl carbamates (subject to hydrolysis) is 1. The minimum absolute atomic E-state index is 0.0249. The lowest BCUT2D eigenvalue weighted by molar-refractivity contribution is -0.137. The Kier molecular flexibility index (Phi) is 9.39. The number of piperidine rings is 1. The fourth-order valence-corrected chi connectivity index (χ4v) is 6.33. The predicted molar refractivity (Wildman–Crippen MR) is 171 cm³/mol. The van der Waals surface area contributed by atoms with E-state index < -0.39 is 28.8 Å². The summed E-state index contributed by atoms with van der Waals surface area (Å²) in [6.45, 7) is 9.10. The number of aromatic nitrogens is 1. The molecule has 1 spiro atoms. The Labute approximate surface area is 272 Å². The monoisotopic (exact) mass is 649 g/mol. The first-order valence-corrected chi connectivity index (χ1v) is 15.6. The van der Waals surface area contributed by atoms with Crippen LogP contribution in [0, 0.1) is 11.3 Å². The molecule has 1 N–H and O–H groups in total. The smallest absolute Gasteiger partial charge is 0.416 e. The number of hydrogen-bond acceptors (Lipinski definition) is 7. The number of nitrogens with zero attached hydrogens (tertiary/aromatic N) is 4. The van der Waals surface area contributed by atoms with Crippen LogP contribution in [0.2, 0.25) is 0 Å². The van der Waals surface area contributed by atoms with Crippen LogP contribution in [0.25, 0.3) is 11.1 Å². The lowest BCUT2D eigenvalue weighted by atomic mass is 9.74. The van der Waals surface area contributed by atoms with E-state index in [1.165, 1.54) is 6.07 Å². The number of alkyl halides is 3. The molecular weight excluding hydrogens is 611 g/mol. The van der Waals surface area contributed by atoms with Gasteiger partial charge in [0.25, 0.3) is 0 Å². The Balaban J connectivity index is 1.42. The summed E-state index contributed by atoms with van der Waals surface area (Å²) < 4.78 is 51.0. The first-order valence-electron chi connectivity index (χ1n) is 15.6. The molecule has 1 aromatic heterocycles.